The van der Waals surface area contributed by atoms with Crippen LogP contribution in [0.5, 0.6) is 0 Å². The third kappa shape index (κ3) is 5.14. The molecule has 0 bridgehead atoms. The first kappa shape index (κ1) is 20.9. The number of rotatable bonds is 7. The molecule has 30 heavy (non-hydrogen) atoms. The summed E-state index contributed by atoms with van der Waals surface area (Å²) in [6, 6.07) is 17.7. The molecule has 7 heteroatoms. The molecule has 0 atom stereocenters. The smallest absolute Gasteiger partial charge is 0.337 e. The monoisotopic (exact) mass is 406 g/mol. The molecule has 3 aromatic rings. The van der Waals surface area contributed by atoms with Crippen molar-refractivity contribution in [2.75, 3.05) is 12.4 Å². The van der Waals surface area contributed by atoms with Crippen LogP contribution >= 0.6 is 0 Å². The van der Waals surface area contributed by atoms with E-state index in [2.05, 4.69) is 15.2 Å². The SMILES string of the molecule is COC(=O)c1ccc(CCc2ccc(NC(=O)c3cc(F)ccc3N=O)cc2)cc1. The van der Waals surface area contributed by atoms with Gasteiger partial charge in [-0.25, -0.2) is 9.18 Å². The Hall–Kier alpha value is -3.87. The maximum absolute atomic E-state index is 13.4. The van der Waals surface area contributed by atoms with Crippen LogP contribution in [0.25, 0.3) is 0 Å². The first-order valence-electron chi connectivity index (χ1n) is 9.20. The summed E-state index contributed by atoms with van der Waals surface area (Å²) in [5, 5.41) is 5.39. The molecule has 0 aliphatic carbocycles. The molecule has 0 heterocycles. The number of nitroso groups, excluding NO2 is 1. The van der Waals surface area contributed by atoms with E-state index in [4.69, 9.17) is 0 Å². The highest BCUT2D eigenvalue weighted by Gasteiger charge is 2.14. The largest absolute Gasteiger partial charge is 0.465 e. The van der Waals surface area contributed by atoms with Gasteiger partial charge in [-0.3, -0.25) is 4.79 Å². The minimum atomic E-state index is -0.623. The summed E-state index contributed by atoms with van der Waals surface area (Å²) in [5.41, 5.74) is 2.93. The fourth-order valence-corrected chi connectivity index (χ4v) is 2.94. The molecule has 152 valence electrons. The predicted molar refractivity (Wildman–Crippen MR) is 111 cm³/mol. The Balaban J connectivity index is 1.60. The summed E-state index contributed by atoms with van der Waals surface area (Å²) in [6.07, 6.45) is 1.56. The number of methoxy groups -OCH3 is 1. The van der Waals surface area contributed by atoms with Gasteiger partial charge in [-0.2, -0.15) is 0 Å². The van der Waals surface area contributed by atoms with E-state index < -0.39 is 11.7 Å². The summed E-state index contributed by atoms with van der Waals surface area (Å²) in [7, 11) is 1.35. The van der Waals surface area contributed by atoms with Gasteiger partial charge in [-0.05, 0) is 71.6 Å². The summed E-state index contributed by atoms with van der Waals surface area (Å²) in [4.78, 5) is 34.6. The highest BCUT2D eigenvalue weighted by Crippen LogP contribution is 2.22. The van der Waals surface area contributed by atoms with Crippen LogP contribution in [0, 0.1) is 10.7 Å². The molecule has 1 N–H and O–H groups in total. The van der Waals surface area contributed by atoms with Crippen molar-refractivity contribution in [1.29, 1.82) is 0 Å². The van der Waals surface area contributed by atoms with Gasteiger partial charge in [-0.15, -0.1) is 4.91 Å². The van der Waals surface area contributed by atoms with Crippen LogP contribution in [0.3, 0.4) is 0 Å². The van der Waals surface area contributed by atoms with E-state index in [1.807, 2.05) is 24.3 Å². The van der Waals surface area contributed by atoms with E-state index in [-0.39, 0.29) is 17.2 Å². The Bertz CT molecular complexity index is 1060. The molecule has 0 aliphatic heterocycles. The lowest BCUT2D eigenvalue weighted by Gasteiger charge is -2.08. The number of carbonyl (C=O) groups excluding carboxylic acids is 2. The van der Waals surface area contributed by atoms with E-state index in [0.717, 1.165) is 42.2 Å². The van der Waals surface area contributed by atoms with Gasteiger partial charge >= 0.3 is 5.97 Å². The molecule has 0 saturated carbocycles. The van der Waals surface area contributed by atoms with Crippen LogP contribution in [0.1, 0.15) is 31.8 Å². The average molecular weight is 406 g/mol. The number of ether oxygens (including phenoxy) is 1. The van der Waals surface area contributed by atoms with Crippen LogP contribution in [0.15, 0.2) is 71.9 Å². The molecule has 3 rings (SSSR count). The third-order valence-corrected chi connectivity index (χ3v) is 4.59. The first-order valence-corrected chi connectivity index (χ1v) is 9.20. The van der Waals surface area contributed by atoms with Crippen LogP contribution < -0.4 is 5.32 Å². The standard InChI is InChI=1S/C23H19FN2O4/c1-30-23(28)17-8-4-15(5-9-17)2-3-16-6-11-19(12-7-16)25-22(27)20-14-18(24)10-13-21(20)26-29/h4-14H,2-3H2,1H3,(H,25,27). The van der Waals surface area contributed by atoms with Crippen molar-refractivity contribution in [2.45, 2.75) is 12.8 Å². The van der Waals surface area contributed by atoms with Crippen LogP contribution in [0.4, 0.5) is 15.8 Å². The second-order valence-electron chi connectivity index (χ2n) is 6.59. The molecule has 0 spiro atoms. The number of amides is 1. The summed E-state index contributed by atoms with van der Waals surface area (Å²) in [5.74, 6) is -1.60. The van der Waals surface area contributed by atoms with E-state index in [1.54, 1.807) is 24.3 Å². The molecule has 1 amide bonds. The summed E-state index contributed by atoms with van der Waals surface area (Å²) < 4.78 is 18.1. The summed E-state index contributed by atoms with van der Waals surface area (Å²) in [6.45, 7) is 0. The minimum absolute atomic E-state index is 0.121. The average Bonchev–Trinajstić information content (AvgIpc) is 2.78. The van der Waals surface area contributed by atoms with Crippen LogP contribution in [0.2, 0.25) is 0 Å². The number of halogens is 1. The minimum Gasteiger partial charge on any atom is -0.465 e. The lowest BCUT2D eigenvalue weighted by molar-refractivity contribution is 0.0600. The second-order valence-corrected chi connectivity index (χ2v) is 6.59. The Labute approximate surface area is 172 Å². The number of hydrogen-bond donors (Lipinski definition) is 1. The summed E-state index contributed by atoms with van der Waals surface area (Å²) >= 11 is 0. The molecule has 0 aliphatic rings. The van der Waals surface area contributed by atoms with Crippen LogP contribution in [-0.2, 0) is 17.6 Å². The Morgan fingerprint density at radius 2 is 1.53 bits per heavy atom. The molecule has 0 aromatic heterocycles. The maximum Gasteiger partial charge on any atom is 0.337 e. The van der Waals surface area contributed by atoms with Gasteiger partial charge in [0.15, 0.2) is 0 Å². The predicted octanol–water partition coefficient (Wildman–Crippen LogP) is 5.05. The van der Waals surface area contributed by atoms with Gasteiger partial charge in [-0.1, -0.05) is 24.3 Å². The van der Waals surface area contributed by atoms with E-state index in [0.29, 0.717) is 11.3 Å². The number of nitrogens with one attached hydrogen (secondary N) is 1. The van der Waals surface area contributed by atoms with Crippen molar-refractivity contribution < 1.29 is 18.7 Å². The first-order chi connectivity index (χ1) is 14.5. The number of carbonyl (C=O) groups is 2. The lowest BCUT2D eigenvalue weighted by atomic mass is 10.0. The molecule has 0 unspecified atom stereocenters. The fraction of sp³-hybridized carbons (Fsp3) is 0.130. The number of nitrogens with zero attached hydrogens (tertiary/aromatic N) is 1. The number of aryl methyl sites for hydroxylation is 2. The third-order valence-electron chi connectivity index (χ3n) is 4.59. The Morgan fingerprint density at radius 1 is 0.933 bits per heavy atom. The molecular formula is C23H19FN2O4. The van der Waals surface area contributed by atoms with E-state index >= 15 is 0 Å². The zero-order valence-electron chi connectivity index (χ0n) is 16.2. The van der Waals surface area contributed by atoms with Gasteiger partial charge in [0, 0.05) is 5.69 Å². The topological polar surface area (TPSA) is 84.8 Å². The Kier molecular flexibility index (Phi) is 6.64. The van der Waals surface area contributed by atoms with Gasteiger partial charge < -0.3 is 10.1 Å². The van der Waals surface area contributed by atoms with E-state index in [1.165, 1.54) is 7.11 Å². The zero-order chi connectivity index (χ0) is 21.5. The van der Waals surface area contributed by atoms with Crippen LogP contribution in [-0.4, -0.2) is 19.0 Å². The van der Waals surface area contributed by atoms with Gasteiger partial charge in [0.25, 0.3) is 5.91 Å². The van der Waals surface area contributed by atoms with Crippen molar-refractivity contribution in [3.63, 3.8) is 0 Å². The number of esters is 1. The molecule has 3 aromatic carbocycles. The number of benzene rings is 3. The highest BCUT2D eigenvalue weighted by molar-refractivity contribution is 6.07. The van der Waals surface area contributed by atoms with Crippen molar-refractivity contribution in [3.8, 4) is 0 Å². The number of anilines is 1. The fourth-order valence-electron chi connectivity index (χ4n) is 2.94. The maximum atomic E-state index is 13.4. The van der Waals surface area contributed by atoms with Gasteiger partial charge in [0.05, 0.1) is 18.2 Å². The van der Waals surface area contributed by atoms with Gasteiger partial charge in [0.2, 0.25) is 0 Å². The molecule has 0 radical (unpaired) electrons. The molecule has 6 nitrogen and oxygen atoms in total. The zero-order valence-corrected chi connectivity index (χ0v) is 16.2. The Morgan fingerprint density at radius 3 is 2.10 bits per heavy atom. The van der Waals surface area contributed by atoms with Crippen molar-refractivity contribution >= 4 is 23.3 Å². The second kappa shape index (κ2) is 9.56. The molecular weight excluding hydrogens is 387 g/mol. The van der Waals surface area contributed by atoms with E-state index in [9.17, 15) is 18.9 Å². The van der Waals surface area contributed by atoms with Crippen molar-refractivity contribution in [2.24, 2.45) is 5.18 Å². The number of hydrogen-bond acceptors (Lipinski definition) is 5. The molecule has 0 fully saturated rings. The van der Waals surface area contributed by atoms with Crippen molar-refractivity contribution in [1.82, 2.24) is 0 Å². The molecule has 0 saturated heterocycles. The van der Waals surface area contributed by atoms with Crippen molar-refractivity contribution in [3.05, 3.63) is 99.7 Å². The quantitative estimate of drug-likeness (QED) is 0.440. The lowest BCUT2D eigenvalue weighted by Crippen LogP contribution is -2.12. The normalized spacial score (nSPS) is 10.3. The highest BCUT2D eigenvalue weighted by atomic mass is 19.1. The van der Waals surface area contributed by atoms with Gasteiger partial charge in [0.1, 0.15) is 11.5 Å².